The minimum atomic E-state index is 0.880. The normalized spacial score (nSPS) is 11.1. The zero-order valence-electron chi connectivity index (χ0n) is 31.9. The molecule has 0 saturated heterocycles. The average Bonchev–Trinajstić information content (AvgIpc) is 3.75. The Kier molecular flexibility index (Phi) is 9.27. The summed E-state index contributed by atoms with van der Waals surface area (Å²) >= 11 is 0. The number of fused-ring (bicyclic) bond motifs is 1. The van der Waals surface area contributed by atoms with E-state index in [-0.39, 0.29) is 0 Å². The van der Waals surface area contributed by atoms with E-state index in [4.69, 9.17) is 4.42 Å². The minimum Gasteiger partial charge on any atom is -0.456 e. The fourth-order valence-corrected chi connectivity index (χ4v) is 7.83. The average molecular weight is 742 g/mol. The molecule has 0 spiro atoms. The van der Waals surface area contributed by atoms with Gasteiger partial charge in [-0.1, -0.05) is 182 Å². The fourth-order valence-electron chi connectivity index (χ4n) is 7.83. The molecule has 0 N–H and O–H groups in total. The molecule has 0 aliphatic rings. The van der Waals surface area contributed by atoms with Crippen molar-refractivity contribution in [2.45, 2.75) is 0 Å². The van der Waals surface area contributed by atoms with E-state index in [1.165, 1.54) is 50.1 Å². The molecule has 0 atom stereocenters. The highest BCUT2D eigenvalue weighted by Gasteiger charge is 2.15. The summed E-state index contributed by atoms with van der Waals surface area (Å²) in [5, 5.41) is 1.11. The lowest BCUT2D eigenvalue weighted by Crippen LogP contribution is -2.10. The molecule has 2 heteroatoms. The largest absolute Gasteiger partial charge is 0.456 e. The van der Waals surface area contributed by atoms with Gasteiger partial charge in [0.05, 0.1) is 0 Å². The van der Waals surface area contributed by atoms with Crippen molar-refractivity contribution in [2.24, 2.45) is 0 Å². The van der Waals surface area contributed by atoms with Crippen molar-refractivity contribution >= 4 is 28.0 Å². The molecule has 0 amide bonds. The summed E-state index contributed by atoms with van der Waals surface area (Å²) in [5.74, 6) is 0.880. The molecule has 9 aromatic carbocycles. The molecule has 274 valence electrons. The van der Waals surface area contributed by atoms with Gasteiger partial charge in [0.15, 0.2) is 0 Å². The number of anilines is 3. The lowest BCUT2D eigenvalue weighted by atomic mass is 9.98. The molecular formula is C56H39NO. The summed E-state index contributed by atoms with van der Waals surface area (Å²) in [7, 11) is 0. The molecule has 1 aromatic heterocycles. The number of rotatable bonds is 9. The zero-order chi connectivity index (χ0) is 38.7. The second kappa shape index (κ2) is 15.5. The van der Waals surface area contributed by atoms with Crippen LogP contribution in [0.2, 0.25) is 0 Å². The second-order valence-electron chi connectivity index (χ2n) is 14.6. The van der Waals surface area contributed by atoms with Gasteiger partial charge in [0.25, 0.3) is 0 Å². The number of nitrogens with zero attached hydrogens (tertiary/aromatic N) is 1. The van der Waals surface area contributed by atoms with Crippen LogP contribution in [-0.4, -0.2) is 0 Å². The smallest absolute Gasteiger partial charge is 0.135 e. The van der Waals surface area contributed by atoms with Crippen molar-refractivity contribution in [3.05, 3.63) is 237 Å². The van der Waals surface area contributed by atoms with Gasteiger partial charge in [0, 0.05) is 28.0 Å². The lowest BCUT2D eigenvalue weighted by Gasteiger charge is -2.26. The Labute approximate surface area is 339 Å². The van der Waals surface area contributed by atoms with Crippen LogP contribution in [0.15, 0.2) is 241 Å². The minimum absolute atomic E-state index is 0.880. The number of benzene rings is 9. The van der Waals surface area contributed by atoms with Crippen LogP contribution in [0.25, 0.3) is 77.9 Å². The molecule has 2 nitrogen and oxygen atoms in total. The number of furan rings is 1. The van der Waals surface area contributed by atoms with Gasteiger partial charge in [-0.05, 0) is 110 Å². The van der Waals surface area contributed by atoms with E-state index in [1.54, 1.807) is 0 Å². The van der Waals surface area contributed by atoms with E-state index in [9.17, 15) is 0 Å². The first-order chi connectivity index (χ1) is 28.7. The van der Waals surface area contributed by atoms with Crippen LogP contribution in [-0.2, 0) is 0 Å². The topological polar surface area (TPSA) is 16.4 Å². The van der Waals surface area contributed by atoms with E-state index < -0.39 is 0 Å². The maximum absolute atomic E-state index is 6.17. The molecule has 10 aromatic rings. The standard InChI is InChI=1S/C56H39NO/c1-3-11-40(12-4-1)42-21-23-43(24-22-42)45-29-33-52(34-30-45)57(54-19-10-17-49(38-54)41-13-5-2-6-14-41)53-35-31-46(32-36-53)44-25-27-47(28-26-44)48-16-9-18-50(37-48)56-39-51-15-7-8-20-55(51)58-56/h1-39H. The second-order valence-corrected chi connectivity index (χ2v) is 14.6. The van der Waals surface area contributed by atoms with Crippen molar-refractivity contribution in [1.82, 2.24) is 0 Å². The summed E-state index contributed by atoms with van der Waals surface area (Å²) in [5.41, 5.74) is 17.1. The highest BCUT2D eigenvalue weighted by atomic mass is 16.3. The van der Waals surface area contributed by atoms with Crippen LogP contribution in [0.4, 0.5) is 17.1 Å². The maximum atomic E-state index is 6.17. The zero-order valence-corrected chi connectivity index (χ0v) is 31.9. The molecule has 1 heterocycles. The Morgan fingerprint density at radius 1 is 0.241 bits per heavy atom. The van der Waals surface area contributed by atoms with Crippen LogP contribution < -0.4 is 4.90 Å². The van der Waals surface area contributed by atoms with Gasteiger partial charge < -0.3 is 9.32 Å². The van der Waals surface area contributed by atoms with E-state index in [1.807, 2.05) is 18.2 Å². The highest BCUT2D eigenvalue weighted by Crippen LogP contribution is 2.39. The molecule has 0 radical (unpaired) electrons. The summed E-state index contributed by atoms with van der Waals surface area (Å²) in [4.78, 5) is 2.34. The third-order valence-electron chi connectivity index (χ3n) is 10.9. The molecule has 0 aliphatic heterocycles. The summed E-state index contributed by atoms with van der Waals surface area (Å²) in [6.45, 7) is 0. The lowest BCUT2D eigenvalue weighted by molar-refractivity contribution is 0.631. The van der Waals surface area contributed by atoms with Crippen molar-refractivity contribution in [3.63, 3.8) is 0 Å². The SMILES string of the molecule is c1ccc(-c2ccc(-c3ccc(N(c4ccc(-c5ccc(-c6cccc(-c7cc8ccccc8o7)c6)cc5)cc4)c4cccc(-c5ccccc5)c4)cc3)cc2)cc1. The maximum Gasteiger partial charge on any atom is 0.135 e. The molecule has 0 unspecified atom stereocenters. The van der Waals surface area contributed by atoms with Crippen molar-refractivity contribution < 1.29 is 4.42 Å². The monoisotopic (exact) mass is 741 g/mol. The Bertz CT molecular complexity index is 2910. The highest BCUT2D eigenvalue weighted by molar-refractivity contribution is 5.85. The molecule has 58 heavy (non-hydrogen) atoms. The first kappa shape index (κ1) is 34.8. The van der Waals surface area contributed by atoms with Gasteiger partial charge >= 0.3 is 0 Å². The van der Waals surface area contributed by atoms with Gasteiger partial charge in [0.1, 0.15) is 11.3 Å². The Balaban J connectivity index is 0.939. The predicted molar refractivity (Wildman–Crippen MR) is 244 cm³/mol. The molecule has 0 bridgehead atoms. The molecule has 10 rings (SSSR count). The first-order valence-electron chi connectivity index (χ1n) is 19.7. The van der Waals surface area contributed by atoms with Gasteiger partial charge in [-0.25, -0.2) is 0 Å². The Hall–Kier alpha value is -7.68. The van der Waals surface area contributed by atoms with Crippen molar-refractivity contribution in [1.29, 1.82) is 0 Å². The van der Waals surface area contributed by atoms with Gasteiger partial charge in [-0.3, -0.25) is 0 Å². The third-order valence-corrected chi connectivity index (χ3v) is 10.9. The summed E-state index contributed by atoms with van der Waals surface area (Å²) in [6.07, 6.45) is 0. The van der Waals surface area contributed by atoms with Crippen LogP contribution in [0.1, 0.15) is 0 Å². The van der Waals surface area contributed by atoms with Crippen LogP contribution >= 0.6 is 0 Å². The van der Waals surface area contributed by atoms with E-state index in [0.29, 0.717) is 0 Å². The first-order valence-corrected chi connectivity index (χ1v) is 19.7. The van der Waals surface area contributed by atoms with Gasteiger partial charge in [-0.15, -0.1) is 0 Å². The Morgan fingerprint density at radius 3 is 1.16 bits per heavy atom. The van der Waals surface area contributed by atoms with Crippen LogP contribution in [0, 0.1) is 0 Å². The van der Waals surface area contributed by atoms with E-state index >= 15 is 0 Å². The predicted octanol–water partition coefficient (Wildman–Crippen LogP) is 15.9. The van der Waals surface area contributed by atoms with E-state index in [0.717, 1.165) is 44.9 Å². The van der Waals surface area contributed by atoms with Crippen LogP contribution in [0.5, 0.6) is 0 Å². The molecule has 0 aliphatic carbocycles. The number of para-hydroxylation sites is 1. The van der Waals surface area contributed by atoms with Gasteiger partial charge in [-0.2, -0.15) is 0 Å². The third kappa shape index (κ3) is 7.11. The summed E-state index contributed by atoms with van der Waals surface area (Å²) < 4.78 is 6.17. The molecule has 0 fully saturated rings. The summed E-state index contributed by atoms with van der Waals surface area (Å²) in [6, 6.07) is 84.2. The van der Waals surface area contributed by atoms with Crippen molar-refractivity contribution in [2.75, 3.05) is 4.90 Å². The number of hydrogen-bond donors (Lipinski definition) is 0. The van der Waals surface area contributed by atoms with E-state index in [2.05, 4.69) is 223 Å². The van der Waals surface area contributed by atoms with Crippen molar-refractivity contribution in [3.8, 4) is 67.0 Å². The van der Waals surface area contributed by atoms with Gasteiger partial charge in [0.2, 0.25) is 0 Å². The van der Waals surface area contributed by atoms with Crippen LogP contribution in [0.3, 0.4) is 0 Å². The fraction of sp³-hybridized carbons (Fsp3) is 0. The Morgan fingerprint density at radius 2 is 0.621 bits per heavy atom. The molecular weight excluding hydrogens is 703 g/mol. The number of hydrogen-bond acceptors (Lipinski definition) is 2. The molecule has 0 saturated carbocycles. The quantitative estimate of drug-likeness (QED) is 0.146.